The van der Waals surface area contributed by atoms with Crippen molar-refractivity contribution >= 4 is 17.5 Å². The molecule has 0 aromatic heterocycles. The third-order valence-electron chi connectivity index (χ3n) is 5.07. The number of carbonyl (C=O) groups excluding carboxylic acids is 2. The number of methoxy groups -OCH3 is 1. The van der Waals surface area contributed by atoms with Crippen LogP contribution in [0.5, 0.6) is 5.75 Å². The van der Waals surface area contributed by atoms with E-state index in [0.29, 0.717) is 25.9 Å². The van der Waals surface area contributed by atoms with Gasteiger partial charge in [0, 0.05) is 38.7 Å². The van der Waals surface area contributed by atoms with E-state index in [9.17, 15) is 9.59 Å². The Morgan fingerprint density at radius 3 is 2.59 bits per heavy atom. The number of ether oxygens (including phenoxy) is 1. The van der Waals surface area contributed by atoms with Gasteiger partial charge >= 0.3 is 0 Å². The molecule has 2 amide bonds. The molecule has 0 N–H and O–H groups in total. The van der Waals surface area contributed by atoms with E-state index in [1.165, 1.54) is 5.56 Å². The molecule has 0 atom stereocenters. The van der Waals surface area contributed by atoms with Gasteiger partial charge in [0.2, 0.25) is 11.8 Å². The first-order chi connectivity index (χ1) is 13.1. The maximum absolute atomic E-state index is 12.7. The molecule has 1 aliphatic rings. The molecule has 1 heterocycles. The van der Waals surface area contributed by atoms with Crippen LogP contribution in [0.1, 0.15) is 24.5 Å². The molecule has 3 rings (SSSR count). The van der Waals surface area contributed by atoms with Gasteiger partial charge in [-0.15, -0.1) is 0 Å². The molecular formula is C22H26N2O3. The number of hydrogen-bond donors (Lipinski definition) is 0. The zero-order chi connectivity index (χ0) is 19.2. The molecule has 27 heavy (non-hydrogen) atoms. The van der Waals surface area contributed by atoms with Crippen LogP contribution in [0.2, 0.25) is 0 Å². The number of carbonyl (C=O) groups is 2. The summed E-state index contributed by atoms with van der Waals surface area (Å²) >= 11 is 0. The predicted molar refractivity (Wildman–Crippen MR) is 106 cm³/mol. The lowest BCUT2D eigenvalue weighted by atomic mass is 10.1. The van der Waals surface area contributed by atoms with Gasteiger partial charge in [-0.1, -0.05) is 36.4 Å². The van der Waals surface area contributed by atoms with Crippen molar-refractivity contribution in [1.29, 1.82) is 0 Å². The van der Waals surface area contributed by atoms with Gasteiger partial charge in [-0.25, -0.2) is 0 Å². The predicted octanol–water partition coefficient (Wildman–Crippen LogP) is 3.07. The zero-order valence-electron chi connectivity index (χ0n) is 16.0. The summed E-state index contributed by atoms with van der Waals surface area (Å²) < 4.78 is 5.37. The molecule has 142 valence electrons. The number of hydrogen-bond acceptors (Lipinski definition) is 3. The summed E-state index contributed by atoms with van der Waals surface area (Å²) in [4.78, 5) is 28.3. The van der Waals surface area contributed by atoms with Crippen LogP contribution in [0.15, 0.2) is 48.5 Å². The van der Waals surface area contributed by atoms with Crippen molar-refractivity contribution in [3.05, 3.63) is 59.7 Å². The molecule has 2 aromatic rings. The number of anilines is 1. The van der Waals surface area contributed by atoms with Crippen LogP contribution >= 0.6 is 0 Å². The minimum absolute atomic E-state index is 0.0143. The fraction of sp³-hybridized carbons (Fsp3) is 0.364. The Balaban J connectivity index is 1.57. The number of rotatable bonds is 7. The minimum Gasteiger partial charge on any atom is -0.496 e. The molecular weight excluding hydrogens is 340 g/mol. The minimum atomic E-state index is -0.0143. The lowest BCUT2D eigenvalue weighted by Crippen LogP contribution is -2.36. The van der Waals surface area contributed by atoms with Gasteiger partial charge in [-0.2, -0.15) is 0 Å². The highest BCUT2D eigenvalue weighted by Gasteiger charge is 2.24. The van der Waals surface area contributed by atoms with E-state index in [0.717, 1.165) is 30.0 Å². The van der Waals surface area contributed by atoms with E-state index in [-0.39, 0.29) is 11.8 Å². The van der Waals surface area contributed by atoms with Gasteiger partial charge in [0.1, 0.15) is 5.75 Å². The van der Waals surface area contributed by atoms with Gasteiger partial charge in [0.05, 0.1) is 7.11 Å². The average molecular weight is 366 g/mol. The topological polar surface area (TPSA) is 49.9 Å². The van der Waals surface area contributed by atoms with Crippen LogP contribution < -0.4 is 9.64 Å². The Kier molecular flexibility index (Phi) is 6.12. The van der Waals surface area contributed by atoms with Crippen molar-refractivity contribution in [2.75, 3.05) is 31.6 Å². The molecule has 0 aliphatic carbocycles. The molecule has 2 aromatic carbocycles. The molecule has 1 aliphatic heterocycles. The molecule has 5 nitrogen and oxygen atoms in total. The van der Waals surface area contributed by atoms with Crippen molar-refractivity contribution in [3.63, 3.8) is 0 Å². The van der Waals surface area contributed by atoms with Crippen LogP contribution in [-0.2, 0) is 22.4 Å². The summed E-state index contributed by atoms with van der Waals surface area (Å²) in [5.74, 6) is 0.883. The molecule has 0 radical (unpaired) electrons. The average Bonchev–Trinajstić information content (AvgIpc) is 3.12. The maximum Gasteiger partial charge on any atom is 0.228 e. The summed E-state index contributed by atoms with van der Waals surface area (Å²) in [6, 6.07) is 15.8. The summed E-state index contributed by atoms with van der Waals surface area (Å²) in [5.41, 5.74) is 3.28. The number of para-hydroxylation sites is 2. The number of benzene rings is 2. The second kappa shape index (κ2) is 8.71. The largest absolute Gasteiger partial charge is 0.496 e. The van der Waals surface area contributed by atoms with E-state index in [1.54, 1.807) is 18.9 Å². The number of amides is 2. The van der Waals surface area contributed by atoms with E-state index < -0.39 is 0 Å². The third kappa shape index (κ3) is 4.48. The summed E-state index contributed by atoms with van der Waals surface area (Å²) in [6.45, 7) is 3.28. The fourth-order valence-corrected chi connectivity index (χ4v) is 3.55. The highest BCUT2D eigenvalue weighted by Crippen LogP contribution is 2.28. The first-order valence-corrected chi connectivity index (χ1v) is 9.36. The summed E-state index contributed by atoms with van der Waals surface area (Å²) in [6.07, 6.45) is 1.93. The van der Waals surface area contributed by atoms with Crippen LogP contribution in [-0.4, -0.2) is 43.5 Å². The van der Waals surface area contributed by atoms with Crippen molar-refractivity contribution in [2.24, 2.45) is 0 Å². The number of fused-ring (bicyclic) bond motifs is 1. The van der Waals surface area contributed by atoms with Crippen LogP contribution in [0.25, 0.3) is 0 Å². The monoisotopic (exact) mass is 366 g/mol. The molecule has 0 spiro atoms. The van der Waals surface area contributed by atoms with E-state index in [1.807, 2.05) is 47.4 Å². The van der Waals surface area contributed by atoms with Crippen LogP contribution in [0, 0.1) is 0 Å². The van der Waals surface area contributed by atoms with Gasteiger partial charge in [-0.3, -0.25) is 9.59 Å². The third-order valence-corrected chi connectivity index (χ3v) is 5.07. The van der Waals surface area contributed by atoms with E-state index in [2.05, 4.69) is 6.07 Å². The van der Waals surface area contributed by atoms with Crippen molar-refractivity contribution in [3.8, 4) is 5.75 Å². The van der Waals surface area contributed by atoms with Gasteiger partial charge in [0.15, 0.2) is 0 Å². The van der Waals surface area contributed by atoms with Crippen molar-refractivity contribution in [2.45, 2.75) is 26.2 Å². The summed E-state index contributed by atoms with van der Waals surface area (Å²) in [5, 5.41) is 0. The molecule has 0 saturated carbocycles. The lowest BCUT2D eigenvalue weighted by Gasteiger charge is -2.23. The summed E-state index contributed by atoms with van der Waals surface area (Å²) in [7, 11) is 1.65. The SMILES string of the molecule is COc1ccccc1CCN(CCC(=O)N1CCc2ccccc21)C(C)=O. The standard InChI is InChI=1S/C22H26N2O3/c1-17(25)23(14-11-19-8-4-6-10-21(19)27-2)15-13-22(26)24-16-12-18-7-3-5-9-20(18)24/h3-10H,11-16H2,1-2H3. The second-order valence-electron chi connectivity index (χ2n) is 6.74. The van der Waals surface area contributed by atoms with Gasteiger partial charge < -0.3 is 14.5 Å². The Morgan fingerprint density at radius 1 is 1.07 bits per heavy atom. The quantitative estimate of drug-likeness (QED) is 0.757. The smallest absolute Gasteiger partial charge is 0.228 e. The normalized spacial score (nSPS) is 12.6. The van der Waals surface area contributed by atoms with Crippen LogP contribution in [0.4, 0.5) is 5.69 Å². The van der Waals surface area contributed by atoms with Gasteiger partial charge in [0.25, 0.3) is 0 Å². The lowest BCUT2D eigenvalue weighted by molar-refractivity contribution is -0.129. The first-order valence-electron chi connectivity index (χ1n) is 9.36. The maximum atomic E-state index is 12.7. The zero-order valence-corrected chi connectivity index (χ0v) is 16.0. The molecule has 0 unspecified atom stereocenters. The molecule has 0 bridgehead atoms. The highest BCUT2D eigenvalue weighted by molar-refractivity contribution is 5.95. The first kappa shape index (κ1) is 19.0. The van der Waals surface area contributed by atoms with E-state index >= 15 is 0 Å². The molecule has 0 saturated heterocycles. The Labute approximate surface area is 160 Å². The van der Waals surface area contributed by atoms with Crippen LogP contribution in [0.3, 0.4) is 0 Å². The fourth-order valence-electron chi connectivity index (χ4n) is 3.55. The Morgan fingerprint density at radius 2 is 1.81 bits per heavy atom. The highest BCUT2D eigenvalue weighted by atomic mass is 16.5. The van der Waals surface area contributed by atoms with E-state index in [4.69, 9.17) is 4.74 Å². The van der Waals surface area contributed by atoms with Crippen molar-refractivity contribution < 1.29 is 14.3 Å². The molecule has 5 heteroatoms. The number of nitrogens with zero attached hydrogens (tertiary/aromatic N) is 2. The van der Waals surface area contributed by atoms with Crippen molar-refractivity contribution in [1.82, 2.24) is 4.90 Å². The Bertz CT molecular complexity index is 819. The second-order valence-corrected chi connectivity index (χ2v) is 6.74. The molecule has 0 fully saturated rings. The Hall–Kier alpha value is -2.82. The van der Waals surface area contributed by atoms with Gasteiger partial charge in [-0.05, 0) is 36.1 Å².